The van der Waals surface area contributed by atoms with Crippen LogP contribution in [0, 0.1) is 0 Å². The summed E-state index contributed by atoms with van der Waals surface area (Å²) in [5.41, 5.74) is 0.970. The molecule has 1 N–H and O–H groups in total. The van der Waals surface area contributed by atoms with Gasteiger partial charge in [0.1, 0.15) is 0 Å². The zero-order chi connectivity index (χ0) is 21.8. The van der Waals surface area contributed by atoms with Crippen LogP contribution in [0.4, 0.5) is 0 Å². The van der Waals surface area contributed by atoms with Crippen LogP contribution in [0.15, 0.2) is 42.5 Å². The average molecular weight is 416 g/mol. The molecule has 1 atom stereocenters. The molecule has 2 aromatic carbocycles. The molecule has 6 heteroatoms. The van der Waals surface area contributed by atoms with E-state index in [1.165, 1.54) is 0 Å². The Hall–Kier alpha value is -2.89. The fourth-order valence-corrected chi connectivity index (χ4v) is 2.99. The topological polar surface area (TPSA) is 66.0 Å². The van der Waals surface area contributed by atoms with Crippen LogP contribution in [0.25, 0.3) is 0 Å². The second-order valence-electron chi connectivity index (χ2n) is 6.69. The molecule has 0 aromatic heterocycles. The van der Waals surface area contributed by atoms with Crippen molar-refractivity contribution < 1.29 is 23.7 Å². The zero-order valence-electron chi connectivity index (χ0n) is 18.4. The number of nitrogens with one attached hydrogen (secondary N) is 1. The lowest BCUT2D eigenvalue weighted by Gasteiger charge is -2.17. The van der Waals surface area contributed by atoms with E-state index in [9.17, 15) is 4.79 Å². The lowest BCUT2D eigenvalue weighted by atomic mass is 10.1. The third-order valence-electron chi connectivity index (χ3n) is 4.40. The standard InChI is InChI=1S/C24H33NO5/c1-5-27-20-11-8-9-12-21(20)30-16-10-13-24(26)25-18(4)19-14-15-22(28-6-2)23(17-19)29-7-3/h8-9,11-12,14-15,17-18H,5-7,10,13,16H2,1-4H3,(H,25,26). The smallest absolute Gasteiger partial charge is 0.220 e. The van der Waals surface area contributed by atoms with E-state index in [0.29, 0.717) is 56.5 Å². The van der Waals surface area contributed by atoms with Gasteiger partial charge in [-0.15, -0.1) is 0 Å². The number of hydrogen-bond acceptors (Lipinski definition) is 5. The quantitative estimate of drug-likeness (QED) is 0.471. The summed E-state index contributed by atoms with van der Waals surface area (Å²) in [7, 11) is 0. The fraction of sp³-hybridized carbons (Fsp3) is 0.458. The molecule has 6 nitrogen and oxygen atoms in total. The van der Waals surface area contributed by atoms with Crippen LogP contribution in [0.1, 0.15) is 52.1 Å². The van der Waals surface area contributed by atoms with Crippen molar-refractivity contribution in [3.05, 3.63) is 48.0 Å². The molecule has 0 spiro atoms. The van der Waals surface area contributed by atoms with E-state index in [1.54, 1.807) is 0 Å². The summed E-state index contributed by atoms with van der Waals surface area (Å²) in [5, 5.41) is 3.03. The van der Waals surface area contributed by atoms with Crippen molar-refractivity contribution in [1.29, 1.82) is 0 Å². The average Bonchev–Trinajstić information content (AvgIpc) is 2.74. The number of rotatable bonds is 13. The van der Waals surface area contributed by atoms with Crippen molar-refractivity contribution >= 4 is 5.91 Å². The van der Waals surface area contributed by atoms with Gasteiger partial charge in [-0.1, -0.05) is 18.2 Å². The van der Waals surface area contributed by atoms with Crippen molar-refractivity contribution in [2.24, 2.45) is 0 Å². The molecule has 1 unspecified atom stereocenters. The molecule has 0 aliphatic carbocycles. The van der Waals surface area contributed by atoms with Crippen LogP contribution in [0.5, 0.6) is 23.0 Å². The lowest BCUT2D eigenvalue weighted by Crippen LogP contribution is -2.26. The van der Waals surface area contributed by atoms with Crippen LogP contribution >= 0.6 is 0 Å². The van der Waals surface area contributed by atoms with E-state index < -0.39 is 0 Å². The monoisotopic (exact) mass is 415 g/mol. The number of carbonyl (C=O) groups excluding carboxylic acids is 1. The summed E-state index contributed by atoms with van der Waals surface area (Å²) in [4.78, 5) is 12.3. The van der Waals surface area contributed by atoms with Gasteiger partial charge in [0, 0.05) is 6.42 Å². The number of ether oxygens (including phenoxy) is 4. The van der Waals surface area contributed by atoms with E-state index in [4.69, 9.17) is 18.9 Å². The molecule has 0 aliphatic rings. The minimum absolute atomic E-state index is 0.0176. The highest BCUT2D eigenvalue weighted by molar-refractivity contribution is 5.76. The predicted octanol–water partition coefficient (Wildman–Crippen LogP) is 4.92. The number of benzene rings is 2. The number of carbonyl (C=O) groups is 1. The van der Waals surface area contributed by atoms with Crippen molar-refractivity contribution in [2.75, 3.05) is 26.4 Å². The highest BCUT2D eigenvalue weighted by Gasteiger charge is 2.13. The molecule has 0 heterocycles. The number of para-hydroxylation sites is 2. The van der Waals surface area contributed by atoms with Gasteiger partial charge in [-0.3, -0.25) is 4.79 Å². The van der Waals surface area contributed by atoms with Crippen molar-refractivity contribution in [3.8, 4) is 23.0 Å². The Morgan fingerprint density at radius 3 is 2.03 bits per heavy atom. The highest BCUT2D eigenvalue weighted by atomic mass is 16.5. The van der Waals surface area contributed by atoms with Gasteiger partial charge in [-0.2, -0.15) is 0 Å². The number of amides is 1. The van der Waals surface area contributed by atoms with Crippen molar-refractivity contribution in [2.45, 2.75) is 46.6 Å². The van der Waals surface area contributed by atoms with Crippen LogP contribution in [0.3, 0.4) is 0 Å². The molecule has 0 saturated carbocycles. The molecule has 2 rings (SSSR count). The normalized spacial score (nSPS) is 11.5. The van der Waals surface area contributed by atoms with Crippen LogP contribution in [-0.2, 0) is 4.79 Å². The SMILES string of the molecule is CCOc1ccc(C(C)NC(=O)CCCOc2ccccc2OCC)cc1OCC. The van der Waals surface area contributed by atoms with Gasteiger partial charge in [0.2, 0.25) is 5.91 Å². The molecule has 30 heavy (non-hydrogen) atoms. The van der Waals surface area contributed by atoms with Gasteiger partial charge in [0.25, 0.3) is 0 Å². The first-order valence-corrected chi connectivity index (χ1v) is 10.6. The van der Waals surface area contributed by atoms with Crippen LogP contribution < -0.4 is 24.3 Å². The van der Waals surface area contributed by atoms with Gasteiger partial charge in [-0.25, -0.2) is 0 Å². The number of hydrogen-bond donors (Lipinski definition) is 1. The minimum Gasteiger partial charge on any atom is -0.490 e. The second-order valence-corrected chi connectivity index (χ2v) is 6.69. The Labute approximate surface area is 179 Å². The molecule has 2 aromatic rings. The Morgan fingerprint density at radius 2 is 1.40 bits per heavy atom. The van der Waals surface area contributed by atoms with Gasteiger partial charge >= 0.3 is 0 Å². The minimum atomic E-state index is -0.132. The van der Waals surface area contributed by atoms with E-state index in [0.717, 1.165) is 11.3 Å². The van der Waals surface area contributed by atoms with E-state index in [1.807, 2.05) is 70.2 Å². The maximum Gasteiger partial charge on any atom is 0.220 e. The summed E-state index contributed by atoms with van der Waals surface area (Å²) in [6, 6.07) is 13.2. The van der Waals surface area contributed by atoms with E-state index >= 15 is 0 Å². The van der Waals surface area contributed by atoms with E-state index in [2.05, 4.69) is 5.32 Å². The third kappa shape index (κ3) is 7.17. The summed E-state index contributed by atoms with van der Waals surface area (Å²) in [6.45, 7) is 9.91. The molecule has 0 aliphatic heterocycles. The molecule has 0 bridgehead atoms. The van der Waals surface area contributed by atoms with Crippen LogP contribution in [0.2, 0.25) is 0 Å². The molecular weight excluding hydrogens is 382 g/mol. The van der Waals surface area contributed by atoms with Crippen molar-refractivity contribution in [1.82, 2.24) is 5.32 Å². The Balaban J connectivity index is 1.82. The summed E-state index contributed by atoms with van der Waals surface area (Å²) in [5.74, 6) is 2.81. The molecule has 0 fully saturated rings. The van der Waals surface area contributed by atoms with Crippen molar-refractivity contribution in [3.63, 3.8) is 0 Å². The van der Waals surface area contributed by atoms with Gasteiger partial charge in [-0.05, 0) is 63.9 Å². The first kappa shape index (κ1) is 23.4. The summed E-state index contributed by atoms with van der Waals surface area (Å²) in [6.07, 6.45) is 1.00. The first-order valence-electron chi connectivity index (χ1n) is 10.6. The van der Waals surface area contributed by atoms with Gasteiger partial charge in [0.05, 0.1) is 32.5 Å². The fourth-order valence-electron chi connectivity index (χ4n) is 2.99. The third-order valence-corrected chi connectivity index (χ3v) is 4.40. The largest absolute Gasteiger partial charge is 0.490 e. The molecule has 164 valence electrons. The van der Waals surface area contributed by atoms with Crippen LogP contribution in [-0.4, -0.2) is 32.3 Å². The zero-order valence-corrected chi connectivity index (χ0v) is 18.4. The molecular formula is C24H33NO5. The van der Waals surface area contributed by atoms with Gasteiger partial charge < -0.3 is 24.3 Å². The maximum atomic E-state index is 12.3. The van der Waals surface area contributed by atoms with E-state index in [-0.39, 0.29) is 11.9 Å². The Bertz CT molecular complexity index is 793. The Morgan fingerprint density at radius 1 is 0.833 bits per heavy atom. The molecule has 0 saturated heterocycles. The summed E-state index contributed by atoms with van der Waals surface area (Å²) >= 11 is 0. The summed E-state index contributed by atoms with van der Waals surface area (Å²) < 4.78 is 22.6. The Kier molecular flexibility index (Phi) is 9.84. The maximum absolute atomic E-state index is 12.3. The first-order chi connectivity index (χ1) is 14.6. The van der Waals surface area contributed by atoms with Gasteiger partial charge in [0.15, 0.2) is 23.0 Å². The highest BCUT2D eigenvalue weighted by Crippen LogP contribution is 2.31. The lowest BCUT2D eigenvalue weighted by molar-refractivity contribution is -0.121. The molecule has 0 radical (unpaired) electrons. The molecule has 1 amide bonds. The predicted molar refractivity (Wildman–Crippen MR) is 118 cm³/mol. The second kappa shape index (κ2) is 12.6.